The van der Waals surface area contributed by atoms with E-state index in [9.17, 15) is 9.90 Å². The average molecular weight is 330 g/mol. The molecule has 0 radical (unpaired) electrons. The summed E-state index contributed by atoms with van der Waals surface area (Å²) in [5.74, 6) is 0.524. The Balaban J connectivity index is 1.63. The maximum absolute atomic E-state index is 12.3. The topological polar surface area (TPSA) is 96.2 Å². The number of nitrogens with zero attached hydrogens (tertiary/aromatic N) is 5. The highest BCUT2D eigenvalue weighted by Crippen LogP contribution is 2.24. The van der Waals surface area contributed by atoms with Gasteiger partial charge in [0, 0.05) is 45.3 Å². The molecule has 1 amide bonds. The zero-order chi connectivity index (χ0) is 17.2. The van der Waals surface area contributed by atoms with Gasteiger partial charge in [-0.1, -0.05) is 0 Å². The van der Waals surface area contributed by atoms with Gasteiger partial charge in [0.15, 0.2) is 0 Å². The normalized spacial score (nSPS) is 20.9. The number of piperidine rings is 1. The quantitative estimate of drug-likeness (QED) is 0.836. The number of carbonyl (C=O) groups is 1. The lowest BCUT2D eigenvalue weighted by Crippen LogP contribution is -2.54. The fourth-order valence-corrected chi connectivity index (χ4v) is 3.07. The molecule has 1 atom stereocenters. The van der Waals surface area contributed by atoms with Crippen LogP contribution in [-0.4, -0.2) is 56.0 Å². The molecule has 1 aliphatic rings. The van der Waals surface area contributed by atoms with Crippen molar-refractivity contribution in [3.05, 3.63) is 36.0 Å². The fourth-order valence-electron chi connectivity index (χ4n) is 3.07. The van der Waals surface area contributed by atoms with Gasteiger partial charge in [-0.05, 0) is 19.8 Å². The lowest BCUT2D eigenvalue weighted by Gasteiger charge is -2.39. The van der Waals surface area contributed by atoms with Crippen molar-refractivity contribution in [1.29, 1.82) is 0 Å². The summed E-state index contributed by atoms with van der Waals surface area (Å²) in [5.41, 5.74) is 0.219. The van der Waals surface area contributed by atoms with Crippen LogP contribution in [0.4, 0.5) is 5.82 Å². The summed E-state index contributed by atoms with van der Waals surface area (Å²) < 4.78 is 1.61. The molecular formula is C16H22N6O2. The average Bonchev–Trinajstić information content (AvgIpc) is 2.92. The Bertz CT molecular complexity index is 717. The van der Waals surface area contributed by atoms with E-state index < -0.39 is 5.60 Å². The van der Waals surface area contributed by atoms with Crippen LogP contribution in [0.5, 0.6) is 0 Å². The zero-order valence-electron chi connectivity index (χ0n) is 13.9. The van der Waals surface area contributed by atoms with Gasteiger partial charge >= 0.3 is 0 Å². The van der Waals surface area contributed by atoms with Gasteiger partial charge in [0.05, 0.1) is 23.1 Å². The summed E-state index contributed by atoms with van der Waals surface area (Å²) in [6, 6.07) is 0. The van der Waals surface area contributed by atoms with Gasteiger partial charge in [0.25, 0.3) is 5.91 Å². The van der Waals surface area contributed by atoms with Crippen LogP contribution in [0.15, 0.2) is 24.8 Å². The summed E-state index contributed by atoms with van der Waals surface area (Å²) >= 11 is 0. The molecule has 8 nitrogen and oxygen atoms in total. The van der Waals surface area contributed by atoms with Crippen molar-refractivity contribution in [3.63, 3.8) is 0 Å². The molecule has 1 aliphatic heterocycles. The van der Waals surface area contributed by atoms with Gasteiger partial charge in [-0.2, -0.15) is 5.10 Å². The minimum absolute atomic E-state index is 0.191. The predicted molar refractivity (Wildman–Crippen MR) is 88.7 cm³/mol. The molecule has 0 saturated carbocycles. The third-order valence-corrected chi connectivity index (χ3v) is 4.26. The zero-order valence-corrected chi connectivity index (χ0v) is 13.9. The van der Waals surface area contributed by atoms with E-state index in [1.807, 2.05) is 4.90 Å². The fraction of sp³-hybridized carbons (Fsp3) is 0.500. The third kappa shape index (κ3) is 3.53. The second-order valence-electron chi connectivity index (χ2n) is 6.30. The molecule has 3 heterocycles. The number of hydrogen-bond acceptors (Lipinski definition) is 6. The van der Waals surface area contributed by atoms with E-state index >= 15 is 0 Å². The number of β-amino-alcohol motifs (C(OH)–C–C–N with tert-alkyl or cyclic N) is 1. The van der Waals surface area contributed by atoms with Crippen molar-refractivity contribution < 1.29 is 9.90 Å². The highest BCUT2D eigenvalue weighted by molar-refractivity contribution is 5.95. The number of amides is 1. The second-order valence-corrected chi connectivity index (χ2v) is 6.30. The molecule has 1 fully saturated rings. The minimum Gasteiger partial charge on any atom is -0.386 e. The lowest BCUT2D eigenvalue weighted by molar-refractivity contribution is 0.0254. The summed E-state index contributed by atoms with van der Waals surface area (Å²) in [4.78, 5) is 22.6. The van der Waals surface area contributed by atoms with Crippen molar-refractivity contribution in [1.82, 2.24) is 25.1 Å². The van der Waals surface area contributed by atoms with Gasteiger partial charge in [0.1, 0.15) is 5.82 Å². The number of carbonyl (C=O) groups excluding carboxylic acids is 1. The second kappa shape index (κ2) is 6.56. The molecule has 1 saturated heterocycles. The van der Waals surface area contributed by atoms with Crippen LogP contribution in [0.25, 0.3) is 0 Å². The van der Waals surface area contributed by atoms with Crippen LogP contribution in [0.1, 0.15) is 28.9 Å². The first-order chi connectivity index (χ1) is 11.5. The molecular weight excluding hydrogens is 308 g/mol. The Morgan fingerprint density at radius 2 is 2.29 bits per heavy atom. The van der Waals surface area contributed by atoms with Gasteiger partial charge in [-0.15, -0.1) is 0 Å². The van der Waals surface area contributed by atoms with E-state index in [4.69, 9.17) is 0 Å². The van der Waals surface area contributed by atoms with Crippen LogP contribution in [0, 0.1) is 6.92 Å². The Morgan fingerprint density at radius 3 is 2.96 bits per heavy atom. The maximum Gasteiger partial charge on any atom is 0.254 e. The van der Waals surface area contributed by atoms with Crippen molar-refractivity contribution in [3.8, 4) is 0 Å². The van der Waals surface area contributed by atoms with E-state index in [1.54, 1.807) is 43.4 Å². The SMILES string of the molecule is Cc1nn(C)cc1C(=O)NCC1(O)CCCN(c2cnccn2)C1. The van der Waals surface area contributed by atoms with Crippen LogP contribution in [-0.2, 0) is 7.05 Å². The number of hydrogen-bond donors (Lipinski definition) is 2. The molecule has 2 aromatic heterocycles. The van der Waals surface area contributed by atoms with E-state index in [0.717, 1.165) is 18.8 Å². The smallest absolute Gasteiger partial charge is 0.254 e. The number of rotatable bonds is 4. The van der Waals surface area contributed by atoms with Gasteiger partial charge < -0.3 is 15.3 Å². The number of aromatic nitrogens is 4. The molecule has 8 heteroatoms. The number of nitrogens with one attached hydrogen (secondary N) is 1. The Hall–Kier alpha value is -2.48. The van der Waals surface area contributed by atoms with Crippen LogP contribution >= 0.6 is 0 Å². The van der Waals surface area contributed by atoms with Gasteiger partial charge in [0.2, 0.25) is 0 Å². The molecule has 0 spiro atoms. The molecule has 0 aromatic carbocycles. The van der Waals surface area contributed by atoms with Crippen LogP contribution < -0.4 is 10.2 Å². The number of aliphatic hydroxyl groups is 1. The van der Waals surface area contributed by atoms with Gasteiger partial charge in [-0.25, -0.2) is 4.98 Å². The van der Waals surface area contributed by atoms with Crippen molar-refractivity contribution in [2.24, 2.45) is 7.05 Å². The first kappa shape index (κ1) is 16.4. The number of anilines is 1. The summed E-state index contributed by atoms with van der Waals surface area (Å²) in [5, 5.41) is 17.8. The third-order valence-electron chi connectivity index (χ3n) is 4.26. The van der Waals surface area contributed by atoms with E-state index in [0.29, 0.717) is 24.2 Å². The van der Waals surface area contributed by atoms with E-state index in [2.05, 4.69) is 20.4 Å². The Labute approximate surface area is 140 Å². The van der Waals surface area contributed by atoms with E-state index in [-0.39, 0.29) is 12.5 Å². The monoisotopic (exact) mass is 330 g/mol. The molecule has 0 aliphatic carbocycles. The van der Waals surface area contributed by atoms with Crippen LogP contribution in [0.2, 0.25) is 0 Å². The molecule has 0 bridgehead atoms. The Kier molecular flexibility index (Phi) is 4.48. The standard InChI is InChI=1S/C16H22N6O2/c1-12-13(9-21(2)20-12)15(23)19-10-16(24)4-3-7-22(11-16)14-8-17-5-6-18-14/h5-6,8-9,24H,3-4,7,10-11H2,1-2H3,(H,19,23). The number of aryl methyl sites for hydroxylation is 2. The first-order valence-electron chi connectivity index (χ1n) is 7.99. The molecule has 3 rings (SSSR count). The Morgan fingerprint density at radius 1 is 1.46 bits per heavy atom. The van der Waals surface area contributed by atoms with Crippen LogP contribution in [0.3, 0.4) is 0 Å². The van der Waals surface area contributed by atoms with Gasteiger partial charge in [-0.3, -0.25) is 14.5 Å². The molecule has 128 valence electrons. The summed E-state index contributed by atoms with van der Waals surface area (Å²) in [6.45, 7) is 3.21. The summed E-state index contributed by atoms with van der Waals surface area (Å²) in [7, 11) is 1.78. The predicted octanol–water partition coefficient (Wildman–Crippen LogP) is 0.280. The summed E-state index contributed by atoms with van der Waals surface area (Å²) in [6.07, 6.45) is 8.09. The van der Waals surface area contributed by atoms with E-state index in [1.165, 1.54) is 0 Å². The maximum atomic E-state index is 12.3. The highest BCUT2D eigenvalue weighted by atomic mass is 16.3. The van der Waals surface area contributed by atoms with Crippen molar-refractivity contribution in [2.75, 3.05) is 24.5 Å². The first-order valence-corrected chi connectivity index (χ1v) is 7.99. The molecule has 24 heavy (non-hydrogen) atoms. The largest absolute Gasteiger partial charge is 0.386 e. The highest BCUT2D eigenvalue weighted by Gasteiger charge is 2.34. The van der Waals surface area contributed by atoms with Crippen molar-refractivity contribution in [2.45, 2.75) is 25.4 Å². The molecule has 1 unspecified atom stereocenters. The molecule has 2 aromatic rings. The molecule has 2 N–H and O–H groups in total. The van der Waals surface area contributed by atoms with Crippen molar-refractivity contribution >= 4 is 11.7 Å². The minimum atomic E-state index is -0.985. The lowest BCUT2D eigenvalue weighted by atomic mass is 9.92.